The predicted octanol–water partition coefficient (Wildman–Crippen LogP) is 4.12. The molecule has 0 aliphatic rings. The zero-order chi connectivity index (χ0) is 15.8. The summed E-state index contributed by atoms with van der Waals surface area (Å²) in [6, 6.07) is 5.66. The van der Waals surface area contributed by atoms with Gasteiger partial charge >= 0.3 is 5.97 Å². The molecule has 21 heavy (non-hydrogen) atoms. The molecule has 2 aromatic rings. The SMILES string of the molecule is COc1ccc(-c2sc(C(C)(C)C)nc2C(=O)O)cc1C. The third kappa shape index (κ3) is 3.08. The minimum absolute atomic E-state index is 0.120. The van der Waals surface area contributed by atoms with E-state index in [0.29, 0.717) is 4.88 Å². The van der Waals surface area contributed by atoms with E-state index in [4.69, 9.17) is 4.74 Å². The molecule has 4 nitrogen and oxygen atoms in total. The van der Waals surface area contributed by atoms with Gasteiger partial charge in [0, 0.05) is 5.41 Å². The summed E-state index contributed by atoms with van der Waals surface area (Å²) in [5, 5.41) is 10.2. The van der Waals surface area contributed by atoms with Crippen LogP contribution in [0.15, 0.2) is 18.2 Å². The van der Waals surface area contributed by atoms with Gasteiger partial charge in [-0.3, -0.25) is 0 Å². The Morgan fingerprint density at radius 3 is 2.48 bits per heavy atom. The highest BCUT2D eigenvalue weighted by atomic mass is 32.1. The van der Waals surface area contributed by atoms with Crippen LogP contribution in [0.2, 0.25) is 0 Å². The highest BCUT2D eigenvalue weighted by Gasteiger charge is 2.25. The smallest absolute Gasteiger partial charge is 0.356 e. The average molecular weight is 305 g/mol. The number of thiazole rings is 1. The molecule has 1 heterocycles. The van der Waals surface area contributed by atoms with E-state index >= 15 is 0 Å². The van der Waals surface area contributed by atoms with E-state index in [1.807, 2.05) is 45.9 Å². The van der Waals surface area contributed by atoms with Gasteiger partial charge in [-0.15, -0.1) is 11.3 Å². The lowest BCUT2D eigenvalue weighted by Gasteiger charge is -2.13. The lowest BCUT2D eigenvalue weighted by molar-refractivity contribution is 0.0692. The highest BCUT2D eigenvalue weighted by molar-refractivity contribution is 7.15. The van der Waals surface area contributed by atoms with Crippen LogP contribution in [0.1, 0.15) is 41.8 Å². The number of carboxylic acid groups (broad SMARTS) is 1. The van der Waals surface area contributed by atoms with Crippen molar-refractivity contribution in [1.82, 2.24) is 4.98 Å². The number of carboxylic acids is 1. The van der Waals surface area contributed by atoms with E-state index in [1.54, 1.807) is 7.11 Å². The molecule has 0 saturated carbocycles. The summed E-state index contributed by atoms with van der Waals surface area (Å²) in [4.78, 5) is 16.5. The Labute approximate surface area is 128 Å². The van der Waals surface area contributed by atoms with Crippen LogP contribution in [0.25, 0.3) is 10.4 Å². The molecule has 1 N–H and O–H groups in total. The van der Waals surface area contributed by atoms with Crippen molar-refractivity contribution in [2.75, 3.05) is 7.11 Å². The molecule has 5 heteroatoms. The van der Waals surface area contributed by atoms with E-state index in [9.17, 15) is 9.90 Å². The number of hydrogen-bond donors (Lipinski definition) is 1. The molecule has 0 amide bonds. The molecule has 0 saturated heterocycles. The molecule has 0 aliphatic carbocycles. The zero-order valence-corrected chi connectivity index (χ0v) is 13.7. The fourth-order valence-corrected chi connectivity index (χ4v) is 3.11. The summed E-state index contributed by atoms with van der Waals surface area (Å²) < 4.78 is 5.24. The Balaban J connectivity index is 2.60. The molecule has 112 valence electrons. The van der Waals surface area contributed by atoms with Crippen LogP contribution in [-0.4, -0.2) is 23.2 Å². The normalized spacial score (nSPS) is 11.5. The van der Waals surface area contributed by atoms with Crippen molar-refractivity contribution in [3.05, 3.63) is 34.5 Å². The molecule has 0 spiro atoms. The first-order valence-electron chi connectivity index (χ1n) is 6.63. The van der Waals surface area contributed by atoms with Crippen molar-refractivity contribution in [2.24, 2.45) is 0 Å². The Morgan fingerprint density at radius 1 is 1.33 bits per heavy atom. The standard InChI is InChI=1S/C16H19NO3S/c1-9-8-10(6-7-11(9)20-5)13-12(14(18)19)17-15(21-13)16(2,3)4/h6-8H,1-5H3,(H,18,19). The van der Waals surface area contributed by atoms with Gasteiger partial charge in [-0.1, -0.05) is 20.8 Å². The second-order valence-corrected chi connectivity index (χ2v) is 6.94. The third-order valence-electron chi connectivity index (χ3n) is 3.13. The van der Waals surface area contributed by atoms with Gasteiger partial charge in [0.25, 0.3) is 0 Å². The first-order chi connectivity index (χ1) is 9.74. The summed E-state index contributed by atoms with van der Waals surface area (Å²) in [6.45, 7) is 8.02. The number of methoxy groups -OCH3 is 1. The molecule has 0 fully saturated rings. The summed E-state index contributed by atoms with van der Waals surface area (Å²) in [5.41, 5.74) is 1.78. The fourth-order valence-electron chi connectivity index (χ4n) is 2.00. The molecular weight excluding hydrogens is 286 g/mol. The maximum Gasteiger partial charge on any atom is 0.356 e. The molecule has 0 aliphatic heterocycles. The quantitative estimate of drug-likeness (QED) is 0.926. The van der Waals surface area contributed by atoms with Crippen LogP contribution in [0.3, 0.4) is 0 Å². The molecule has 0 radical (unpaired) electrons. The third-order valence-corrected chi connectivity index (χ3v) is 4.66. The Kier molecular flexibility index (Phi) is 4.05. The molecular formula is C16H19NO3S. The molecule has 0 unspecified atom stereocenters. The first-order valence-corrected chi connectivity index (χ1v) is 7.45. The number of benzene rings is 1. The first kappa shape index (κ1) is 15.5. The van der Waals surface area contributed by atoms with Gasteiger partial charge in [-0.05, 0) is 36.2 Å². The number of aromatic carboxylic acids is 1. The molecule has 0 bridgehead atoms. The Morgan fingerprint density at radius 2 is 2.00 bits per heavy atom. The maximum atomic E-state index is 11.5. The van der Waals surface area contributed by atoms with Gasteiger partial charge in [0.1, 0.15) is 5.75 Å². The van der Waals surface area contributed by atoms with E-state index in [0.717, 1.165) is 21.9 Å². The van der Waals surface area contributed by atoms with Crippen LogP contribution in [0, 0.1) is 6.92 Å². The molecule has 1 aromatic carbocycles. The van der Waals surface area contributed by atoms with Gasteiger partial charge in [-0.2, -0.15) is 0 Å². The topological polar surface area (TPSA) is 59.4 Å². The van der Waals surface area contributed by atoms with Crippen molar-refractivity contribution >= 4 is 17.3 Å². The average Bonchev–Trinajstić information content (AvgIpc) is 2.83. The van der Waals surface area contributed by atoms with E-state index < -0.39 is 5.97 Å². The van der Waals surface area contributed by atoms with Gasteiger partial charge in [0.05, 0.1) is 17.0 Å². The summed E-state index contributed by atoms with van der Waals surface area (Å²) >= 11 is 1.44. The van der Waals surface area contributed by atoms with Gasteiger partial charge < -0.3 is 9.84 Å². The van der Waals surface area contributed by atoms with Crippen LogP contribution in [-0.2, 0) is 5.41 Å². The highest BCUT2D eigenvalue weighted by Crippen LogP contribution is 2.37. The second-order valence-electron chi connectivity index (χ2n) is 5.94. The second kappa shape index (κ2) is 5.48. The fraction of sp³-hybridized carbons (Fsp3) is 0.375. The Hall–Kier alpha value is -1.88. The zero-order valence-electron chi connectivity index (χ0n) is 12.9. The van der Waals surface area contributed by atoms with Gasteiger partial charge in [0.15, 0.2) is 5.69 Å². The minimum atomic E-state index is -0.995. The number of carbonyl (C=O) groups is 1. The largest absolute Gasteiger partial charge is 0.496 e. The molecule has 2 rings (SSSR count). The molecule has 1 aromatic heterocycles. The Bertz CT molecular complexity index is 683. The number of nitrogens with zero attached hydrogens (tertiary/aromatic N) is 1. The summed E-state index contributed by atoms with van der Waals surface area (Å²) in [5.74, 6) is -0.207. The summed E-state index contributed by atoms with van der Waals surface area (Å²) in [6.07, 6.45) is 0. The van der Waals surface area contributed by atoms with Crippen LogP contribution < -0.4 is 4.74 Å². The van der Waals surface area contributed by atoms with Crippen molar-refractivity contribution < 1.29 is 14.6 Å². The number of ether oxygens (including phenoxy) is 1. The number of rotatable bonds is 3. The van der Waals surface area contributed by atoms with Crippen molar-refractivity contribution in [2.45, 2.75) is 33.1 Å². The van der Waals surface area contributed by atoms with Crippen LogP contribution in [0.5, 0.6) is 5.75 Å². The lowest BCUT2D eigenvalue weighted by atomic mass is 9.98. The molecule has 0 atom stereocenters. The van der Waals surface area contributed by atoms with Gasteiger partial charge in [0.2, 0.25) is 0 Å². The van der Waals surface area contributed by atoms with Crippen molar-refractivity contribution in [3.63, 3.8) is 0 Å². The number of aromatic nitrogens is 1. The minimum Gasteiger partial charge on any atom is -0.496 e. The monoisotopic (exact) mass is 305 g/mol. The van der Waals surface area contributed by atoms with Crippen LogP contribution in [0.4, 0.5) is 0 Å². The predicted molar refractivity (Wildman–Crippen MR) is 84.5 cm³/mol. The van der Waals surface area contributed by atoms with Gasteiger partial charge in [-0.25, -0.2) is 9.78 Å². The number of aryl methyl sites for hydroxylation is 1. The number of hydrogen-bond acceptors (Lipinski definition) is 4. The van der Waals surface area contributed by atoms with E-state index in [1.165, 1.54) is 11.3 Å². The summed E-state index contributed by atoms with van der Waals surface area (Å²) in [7, 11) is 1.62. The lowest BCUT2D eigenvalue weighted by Crippen LogP contribution is -2.11. The van der Waals surface area contributed by atoms with E-state index in [2.05, 4.69) is 4.98 Å². The van der Waals surface area contributed by atoms with Crippen molar-refractivity contribution in [1.29, 1.82) is 0 Å². The van der Waals surface area contributed by atoms with E-state index in [-0.39, 0.29) is 11.1 Å². The maximum absolute atomic E-state index is 11.5. The van der Waals surface area contributed by atoms with Crippen molar-refractivity contribution in [3.8, 4) is 16.2 Å². The van der Waals surface area contributed by atoms with Crippen LogP contribution >= 0.6 is 11.3 Å².